The molecule has 0 aromatic heterocycles. The number of thioether (sulfide) groups is 1. The van der Waals surface area contributed by atoms with Crippen LogP contribution >= 0.6 is 43.6 Å². The summed E-state index contributed by atoms with van der Waals surface area (Å²) in [5.74, 6) is -0.661. The third-order valence-corrected chi connectivity index (χ3v) is 5.33. The molecule has 0 radical (unpaired) electrons. The standard InChI is InChI=1S/C17H10Br2N2O3S/c18-11-6-9(7-12(19)14(11)22)8-13-16(24)21-17(25-13)20-15(23)10-4-2-1-3-5-10/h1-8,22H,(H,20,21,23,24)/b13-8-. The summed E-state index contributed by atoms with van der Waals surface area (Å²) in [5, 5.41) is 12.6. The second-order valence-electron chi connectivity index (χ2n) is 4.99. The number of nitrogens with one attached hydrogen (secondary N) is 1. The molecule has 3 rings (SSSR count). The van der Waals surface area contributed by atoms with Crippen LogP contribution in [0.2, 0.25) is 0 Å². The molecule has 0 spiro atoms. The van der Waals surface area contributed by atoms with Gasteiger partial charge in [-0.25, -0.2) is 0 Å². The lowest BCUT2D eigenvalue weighted by Crippen LogP contribution is -2.20. The van der Waals surface area contributed by atoms with Gasteiger partial charge in [-0.2, -0.15) is 4.99 Å². The summed E-state index contributed by atoms with van der Waals surface area (Å²) in [5.41, 5.74) is 1.17. The summed E-state index contributed by atoms with van der Waals surface area (Å²) in [4.78, 5) is 28.5. The zero-order valence-corrected chi connectivity index (χ0v) is 16.5. The van der Waals surface area contributed by atoms with Gasteiger partial charge in [-0.3, -0.25) is 9.59 Å². The SMILES string of the molecule is O=C1NC(=NC(=O)c2ccccc2)S/C1=C\c1cc(Br)c(O)c(Br)c1. The van der Waals surface area contributed by atoms with E-state index in [9.17, 15) is 14.7 Å². The van der Waals surface area contributed by atoms with E-state index in [-0.39, 0.29) is 16.8 Å². The molecule has 2 aromatic carbocycles. The quantitative estimate of drug-likeness (QED) is 0.626. The van der Waals surface area contributed by atoms with Gasteiger partial charge in [-0.15, -0.1) is 0 Å². The van der Waals surface area contributed by atoms with Gasteiger partial charge < -0.3 is 10.4 Å². The molecule has 0 bridgehead atoms. The molecular formula is C17H10Br2N2O3S. The third-order valence-electron chi connectivity index (χ3n) is 3.21. The zero-order chi connectivity index (χ0) is 18.0. The first-order valence-electron chi connectivity index (χ1n) is 7.01. The van der Waals surface area contributed by atoms with E-state index in [2.05, 4.69) is 42.2 Å². The molecule has 2 N–H and O–H groups in total. The largest absolute Gasteiger partial charge is 0.506 e. The van der Waals surface area contributed by atoms with Crippen LogP contribution in [0.5, 0.6) is 5.75 Å². The van der Waals surface area contributed by atoms with Crippen LogP contribution in [0.4, 0.5) is 0 Å². The minimum absolute atomic E-state index is 0.0846. The number of benzene rings is 2. The molecule has 0 aliphatic carbocycles. The maximum Gasteiger partial charge on any atom is 0.279 e. The molecule has 1 saturated heterocycles. The summed E-state index contributed by atoms with van der Waals surface area (Å²) in [6.45, 7) is 0. The number of amidine groups is 1. The Bertz CT molecular complexity index is 904. The van der Waals surface area contributed by atoms with Crippen molar-refractivity contribution in [1.82, 2.24) is 5.32 Å². The fraction of sp³-hybridized carbons (Fsp3) is 0. The highest BCUT2D eigenvalue weighted by atomic mass is 79.9. The average molecular weight is 482 g/mol. The van der Waals surface area contributed by atoms with Gasteiger partial charge in [-0.05, 0) is 79.5 Å². The van der Waals surface area contributed by atoms with Crippen LogP contribution in [-0.4, -0.2) is 22.1 Å². The second-order valence-corrected chi connectivity index (χ2v) is 7.73. The normalized spacial score (nSPS) is 17.1. The molecule has 25 heavy (non-hydrogen) atoms. The predicted octanol–water partition coefficient (Wildman–Crippen LogP) is 4.32. The summed E-state index contributed by atoms with van der Waals surface area (Å²) >= 11 is 7.58. The van der Waals surface area contributed by atoms with E-state index in [4.69, 9.17) is 0 Å². The van der Waals surface area contributed by atoms with Crippen LogP contribution in [0.25, 0.3) is 6.08 Å². The molecule has 2 amide bonds. The predicted molar refractivity (Wildman–Crippen MR) is 105 cm³/mol. The minimum Gasteiger partial charge on any atom is -0.506 e. The first kappa shape index (κ1) is 17.9. The summed E-state index contributed by atoms with van der Waals surface area (Å²) < 4.78 is 1.01. The number of aromatic hydroxyl groups is 1. The Kier molecular flexibility index (Phi) is 5.41. The molecule has 0 saturated carbocycles. The number of carbonyl (C=O) groups is 2. The number of nitrogens with zero attached hydrogens (tertiary/aromatic N) is 1. The number of hydrogen-bond donors (Lipinski definition) is 2. The Labute approximate surface area is 164 Å². The Morgan fingerprint density at radius 1 is 1.16 bits per heavy atom. The maximum atomic E-state index is 12.1. The Balaban J connectivity index is 1.83. The minimum atomic E-state index is -0.417. The number of halogens is 2. The molecule has 1 heterocycles. The smallest absolute Gasteiger partial charge is 0.279 e. The first-order valence-corrected chi connectivity index (χ1v) is 9.41. The topological polar surface area (TPSA) is 78.8 Å². The second kappa shape index (κ2) is 7.55. The van der Waals surface area contributed by atoms with Crippen molar-refractivity contribution in [1.29, 1.82) is 0 Å². The van der Waals surface area contributed by atoms with E-state index in [0.29, 0.717) is 25.0 Å². The number of phenolic OH excluding ortho intramolecular Hbond substituents is 1. The third kappa shape index (κ3) is 4.20. The van der Waals surface area contributed by atoms with Crippen LogP contribution in [0.3, 0.4) is 0 Å². The van der Waals surface area contributed by atoms with Crippen molar-refractivity contribution < 1.29 is 14.7 Å². The van der Waals surface area contributed by atoms with Crippen LogP contribution in [-0.2, 0) is 4.79 Å². The van der Waals surface area contributed by atoms with Gasteiger partial charge in [0.05, 0.1) is 13.9 Å². The van der Waals surface area contributed by atoms with E-state index in [0.717, 1.165) is 11.8 Å². The number of rotatable bonds is 2. The van der Waals surface area contributed by atoms with Gasteiger partial charge >= 0.3 is 0 Å². The van der Waals surface area contributed by atoms with Crippen molar-refractivity contribution in [2.24, 2.45) is 4.99 Å². The van der Waals surface area contributed by atoms with Gasteiger partial charge in [0.25, 0.3) is 11.8 Å². The van der Waals surface area contributed by atoms with Crippen molar-refractivity contribution in [3.63, 3.8) is 0 Å². The monoisotopic (exact) mass is 480 g/mol. The lowest BCUT2D eigenvalue weighted by atomic mass is 10.2. The fourth-order valence-corrected chi connectivity index (χ4v) is 4.08. The van der Waals surface area contributed by atoms with Gasteiger partial charge in [-0.1, -0.05) is 18.2 Å². The van der Waals surface area contributed by atoms with Crippen LogP contribution in [0.15, 0.2) is 61.3 Å². The van der Waals surface area contributed by atoms with E-state index in [1.807, 2.05) is 6.07 Å². The average Bonchev–Trinajstić information content (AvgIpc) is 2.92. The van der Waals surface area contributed by atoms with Crippen molar-refractivity contribution in [2.75, 3.05) is 0 Å². The zero-order valence-electron chi connectivity index (χ0n) is 12.5. The molecule has 0 unspecified atom stereocenters. The molecule has 126 valence electrons. The van der Waals surface area contributed by atoms with Crippen molar-refractivity contribution in [2.45, 2.75) is 0 Å². The summed E-state index contributed by atoms with van der Waals surface area (Å²) in [6.07, 6.45) is 1.66. The highest BCUT2D eigenvalue weighted by molar-refractivity contribution is 9.11. The molecular weight excluding hydrogens is 472 g/mol. The van der Waals surface area contributed by atoms with Gasteiger partial charge in [0, 0.05) is 5.56 Å². The van der Waals surface area contributed by atoms with Crippen molar-refractivity contribution in [3.8, 4) is 5.75 Å². The van der Waals surface area contributed by atoms with Crippen LogP contribution in [0.1, 0.15) is 15.9 Å². The molecule has 2 aromatic rings. The lowest BCUT2D eigenvalue weighted by molar-refractivity contribution is -0.115. The fourth-order valence-electron chi connectivity index (χ4n) is 2.04. The highest BCUT2D eigenvalue weighted by Crippen LogP contribution is 2.35. The number of phenols is 1. The number of carbonyl (C=O) groups excluding carboxylic acids is 2. The number of aliphatic imine (C=N–C) groups is 1. The Hall–Kier alpha value is -1.90. The van der Waals surface area contributed by atoms with E-state index >= 15 is 0 Å². The lowest BCUT2D eigenvalue weighted by Gasteiger charge is -2.02. The number of hydrogen-bond acceptors (Lipinski definition) is 4. The first-order chi connectivity index (χ1) is 11.9. The Morgan fingerprint density at radius 2 is 1.80 bits per heavy atom. The molecule has 5 nitrogen and oxygen atoms in total. The van der Waals surface area contributed by atoms with Crippen LogP contribution < -0.4 is 5.32 Å². The maximum absolute atomic E-state index is 12.1. The van der Waals surface area contributed by atoms with Gasteiger partial charge in [0.15, 0.2) is 5.17 Å². The van der Waals surface area contributed by atoms with E-state index in [1.165, 1.54) is 0 Å². The molecule has 1 aliphatic heterocycles. The summed E-state index contributed by atoms with van der Waals surface area (Å²) in [7, 11) is 0. The van der Waals surface area contributed by atoms with Gasteiger partial charge in [0.2, 0.25) is 0 Å². The number of amides is 2. The molecule has 8 heteroatoms. The van der Waals surface area contributed by atoms with Crippen LogP contribution in [0, 0.1) is 0 Å². The summed E-state index contributed by atoms with van der Waals surface area (Å²) in [6, 6.07) is 12.0. The molecule has 0 atom stereocenters. The highest BCUT2D eigenvalue weighted by Gasteiger charge is 2.25. The van der Waals surface area contributed by atoms with Crippen molar-refractivity contribution in [3.05, 3.63) is 67.4 Å². The van der Waals surface area contributed by atoms with E-state index < -0.39 is 5.91 Å². The van der Waals surface area contributed by atoms with E-state index in [1.54, 1.807) is 42.5 Å². The molecule has 1 fully saturated rings. The Morgan fingerprint density at radius 3 is 2.44 bits per heavy atom. The van der Waals surface area contributed by atoms with Gasteiger partial charge in [0.1, 0.15) is 5.75 Å². The van der Waals surface area contributed by atoms with Crippen molar-refractivity contribution >= 4 is 66.7 Å². The molecule has 1 aliphatic rings.